The highest BCUT2D eigenvalue weighted by atomic mass is 79.9. The topological polar surface area (TPSA) is 152 Å². The number of fused-ring (bicyclic) bond motifs is 2. The Hall–Kier alpha value is -3.42. The zero-order valence-corrected chi connectivity index (χ0v) is 29.3. The maximum atomic E-state index is 14.3. The number of ether oxygens (including phenoxy) is 2. The van der Waals surface area contributed by atoms with Crippen molar-refractivity contribution >= 4 is 45.5 Å². The van der Waals surface area contributed by atoms with Crippen LogP contribution in [0.3, 0.4) is 0 Å². The van der Waals surface area contributed by atoms with Crippen LogP contribution >= 0.6 is 15.9 Å². The number of alkyl carbamates (subject to hydrolysis) is 1. The van der Waals surface area contributed by atoms with E-state index >= 15 is 0 Å². The Morgan fingerprint density at radius 1 is 1.13 bits per heavy atom. The summed E-state index contributed by atoms with van der Waals surface area (Å²) >= 11 is 3.49. The summed E-state index contributed by atoms with van der Waals surface area (Å²) < 4.78 is 12.6. The Morgan fingerprint density at radius 3 is 2.57 bits per heavy atom. The standard InChI is InChI=1S/C33H47BrN6O7/c1-5-46-30(44)33-18-21(33)13-9-7-6-8-10-14-23(36-31(45)47-32(2,3)4)28(42)39-20-22(17-24(39)27(41)37-33)40-29(43)26(34)25(19-35-40)38-15-11-12-16-38/h9,13,19,21-24H,5-8,10-12,14-18,20H2,1-4H3,(H,36,45)(H,37,41)/t21?,22-,23+,24+,33-/m1/s1. The van der Waals surface area contributed by atoms with Gasteiger partial charge in [0, 0.05) is 32.0 Å². The summed E-state index contributed by atoms with van der Waals surface area (Å²) in [6.07, 6.45) is 11.0. The van der Waals surface area contributed by atoms with Crippen molar-refractivity contribution in [3.63, 3.8) is 0 Å². The van der Waals surface area contributed by atoms with Crippen LogP contribution in [-0.4, -0.2) is 88.0 Å². The molecular formula is C33H47BrN6O7. The van der Waals surface area contributed by atoms with E-state index in [1.54, 1.807) is 33.9 Å². The lowest BCUT2D eigenvalue weighted by Gasteiger charge is -2.30. The van der Waals surface area contributed by atoms with Crippen molar-refractivity contribution in [2.45, 2.75) is 115 Å². The molecule has 5 rings (SSSR count). The second kappa shape index (κ2) is 14.4. The molecule has 1 unspecified atom stereocenters. The van der Waals surface area contributed by atoms with E-state index in [1.165, 1.54) is 9.58 Å². The number of hydrogen-bond donors (Lipinski definition) is 2. The molecule has 1 saturated carbocycles. The minimum Gasteiger partial charge on any atom is -0.464 e. The number of carbonyl (C=O) groups excluding carboxylic acids is 4. The van der Waals surface area contributed by atoms with Gasteiger partial charge >= 0.3 is 12.1 Å². The van der Waals surface area contributed by atoms with Crippen LogP contribution in [0.15, 0.2) is 27.6 Å². The summed E-state index contributed by atoms with van der Waals surface area (Å²) in [7, 11) is 0. The van der Waals surface area contributed by atoms with Gasteiger partial charge in [-0.25, -0.2) is 14.3 Å². The Kier molecular flexibility index (Phi) is 10.7. The van der Waals surface area contributed by atoms with Gasteiger partial charge in [-0.2, -0.15) is 5.10 Å². The normalized spacial score (nSPS) is 28.4. The molecule has 0 radical (unpaired) electrons. The third kappa shape index (κ3) is 7.84. The van der Waals surface area contributed by atoms with E-state index < -0.39 is 53.1 Å². The van der Waals surface area contributed by atoms with Gasteiger partial charge in [0.2, 0.25) is 11.8 Å². The summed E-state index contributed by atoms with van der Waals surface area (Å²) in [5.41, 5.74) is -1.63. The second-order valence-corrected chi connectivity index (χ2v) is 14.7. The number of rotatable bonds is 5. The number of nitrogens with one attached hydrogen (secondary N) is 2. The zero-order chi connectivity index (χ0) is 33.9. The van der Waals surface area contributed by atoms with Crippen LogP contribution in [-0.2, 0) is 23.9 Å². The van der Waals surface area contributed by atoms with Crippen LogP contribution in [0.25, 0.3) is 0 Å². The number of allylic oxidation sites excluding steroid dienone is 1. The summed E-state index contributed by atoms with van der Waals surface area (Å²) in [6.45, 7) is 8.79. The lowest BCUT2D eigenvalue weighted by Crippen LogP contribution is -2.56. The third-order valence-electron chi connectivity index (χ3n) is 9.30. The minimum absolute atomic E-state index is 0.0154. The van der Waals surface area contributed by atoms with E-state index in [9.17, 15) is 24.0 Å². The number of hydrogen-bond acceptors (Lipinski definition) is 9. The van der Waals surface area contributed by atoms with Gasteiger partial charge in [0.15, 0.2) is 0 Å². The average molecular weight is 720 g/mol. The quantitative estimate of drug-likeness (QED) is 0.344. The van der Waals surface area contributed by atoms with Gasteiger partial charge < -0.3 is 29.9 Å². The Bertz CT molecular complexity index is 1450. The molecule has 4 heterocycles. The largest absolute Gasteiger partial charge is 0.464 e. The fourth-order valence-corrected chi connectivity index (χ4v) is 7.36. The van der Waals surface area contributed by atoms with E-state index in [-0.39, 0.29) is 31.0 Å². The van der Waals surface area contributed by atoms with Crippen LogP contribution in [0, 0.1) is 5.92 Å². The molecule has 1 aliphatic carbocycles. The predicted molar refractivity (Wildman–Crippen MR) is 178 cm³/mol. The van der Waals surface area contributed by atoms with Gasteiger partial charge in [-0.3, -0.25) is 14.4 Å². The zero-order valence-electron chi connectivity index (χ0n) is 27.8. The van der Waals surface area contributed by atoms with Crippen molar-refractivity contribution in [1.29, 1.82) is 0 Å². The number of esters is 1. The molecule has 3 amide bonds. The molecule has 4 aliphatic rings. The van der Waals surface area contributed by atoms with Gasteiger partial charge in [-0.1, -0.05) is 25.0 Å². The highest BCUT2D eigenvalue weighted by molar-refractivity contribution is 9.10. The Labute approximate surface area is 283 Å². The molecule has 0 spiro atoms. The third-order valence-corrected chi connectivity index (χ3v) is 10.0. The first-order valence-corrected chi connectivity index (χ1v) is 17.6. The van der Waals surface area contributed by atoms with E-state index in [4.69, 9.17) is 9.47 Å². The van der Waals surface area contributed by atoms with Crippen molar-refractivity contribution < 1.29 is 28.7 Å². The molecule has 13 nitrogen and oxygen atoms in total. The van der Waals surface area contributed by atoms with Gasteiger partial charge in [0.05, 0.1) is 24.5 Å². The molecular weight excluding hydrogens is 672 g/mol. The fourth-order valence-electron chi connectivity index (χ4n) is 6.83. The van der Waals surface area contributed by atoms with E-state index in [0.717, 1.165) is 50.9 Å². The van der Waals surface area contributed by atoms with E-state index in [0.29, 0.717) is 23.7 Å². The predicted octanol–water partition coefficient (Wildman–Crippen LogP) is 3.60. The first kappa shape index (κ1) is 34.9. The molecule has 2 N–H and O–H groups in total. The Morgan fingerprint density at radius 2 is 1.87 bits per heavy atom. The Balaban J connectivity index is 1.48. The molecule has 1 aromatic heterocycles. The molecule has 1 aromatic rings. The summed E-state index contributed by atoms with van der Waals surface area (Å²) in [5, 5.41) is 10.2. The summed E-state index contributed by atoms with van der Waals surface area (Å²) in [4.78, 5) is 71.7. The van der Waals surface area contributed by atoms with Crippen LogP contribution in [0.2, 0.25) is 0 Å². The summed E-state index contributed by atoms with van der Waals surface area (Å²) in [6, 6.07) is -2.61. The maximum absolute atomic E-state index is 14.3. The monoisotopic (exact) mass is 718 g/mol. The lowest BCUT2D eigenvalue weighted by molar-refractivity contribution is -0.150. The highest BCUT2D eigenvalue weighted by Crippen LogP contribution is 2.46. The molecule has 258 valence electrons. The number of amides is 3. The minimum atomic E-state index is -1.22. The number of anilines is 1. The maximum Gasteiger partial charge on any atom is 0.408 e. The van der Waals surface area contributed by atoms with E-state index in [1.807, 2.05) is 12.2 Å². The summed E-state index contributed by atoms with van der Waals surface area (Å²) in [5.74, 6) is -1.71. The van der Waals surface area contributed by atoms with Crippen molar-refractivity contribution in [3.8, 4) is 0 Å². The first-order valence-electron chi connectivity index (χ1n) is 16.8. The van der Waals surface area contributed by atoms with E-state index in [2.05, 4.69) is 36.6 Å². The smallest absolute Gasteiger partial charge is 0.408 e. The molecule has 0 aromatic carbocycles. The van der Waals surface area contributed by atoms with Crippen LogP contribution in [0.5, 0.6) is 0 Å². The van der Waals surface area contributed by atoms with Gasteiger partial charge in [-0.15, -0.1) is 0 Å². The molecule has 14 heteroatoms. The molecule has 0 bridgehead atoms. The molecule has 3 fully saturated rings. The van der Waals surface area contributed by atoms with Gasteiger partial charge in [-0.05, 0) is 82.1 Å². The van der Waals surface area contributed by atoms with Gasteiger partial charge in [0.25, 0.3) is 5.56 Å². The second-order valence-electron chi connectivity index (χ2n) is 13.9. The fraction of sp³-hybridized carbons (Fsp3) is 0.697. The van der Waals surface area contributed by atoms with Gasteiger partial charge in [0.1, 0.15) is 27.7 Å². The number of aromatic nitrogens is 2. The lowest BCUT2D eigenvalue weighted by atomic mass is 10.0. The molecule has 5 atom stereocenters. The molecule has 47 heavy (non-hydrogen) atoms. The number of halogens is 1. The SMILES string of the molecule is CCOC(=O)[C@@]12CC1C=CCCCCC[C@H](NC(=O)OC(C)(C)C)C(=O)N1C[C@H](n3ncc(N4CCCC4)c(Br)c3=O)C[C@H]1C(=O)N2. The molecule has 2 saturated heterocycles. The van der Waals surface area contributed by atoms with Crippen molar-refractivity contribution in [2.75, 3.05) is 31.1 Å². The van der Waals surface area contributed by atoms with Crippen LogP contribution in [0.1, 0.15) is 91.5 Å². The van der Waals surface area contributed by atoms with Crippen molar-refractivity contribution in [3.05, 3.63) is 33.2 Å². The molecule has 3 aliphatic heterocycles. The number of carbonyl (C=O) groups is 4. The van der Waals surface area contributed by atoms with Crippen LogP contribution < -0.4 is 21.1 Å². The van der Waals surface area contributed by atoms with Crippen molar-refractivity contribution in [1.82, 2.24) is 25.3 Å². The average Bonchev–Trinajstić information content (AvgIpc) is 3.33. The first-order chi connectivity index (χ1) is 22.3. The van der Waals surface area contributed by atoms with Crippen molar-refractivity contribution in [2.24, 2.45) is 5.92 Å². The highest BCUT2D eigenvalue weighted by Gasteiger charge is 2.62. The number of nitrogens with zero attached hydrogens (tertiary/aromatic N) is 4. The van der Waals surface area contributed by atoms with Crippen LogP contribution in [0.4, 0.5) is 10.5 Å².